The van der Waals surface area contributed by atoms with E-state index in [0.29, 0.717) is 29.9 Å². The van der Waals surface area contributed by atoms with E-state index in [1.54, 1.807) is 12.1 Å². The SMILES string of the molecule is N#Cc1ccc(OCCCCN2CCN3CCCCC3C2)cc1.O=C(O)C=CC(=O)O.O=C(O)C=CC(=O)O. The van der Waals surface area contributed by atoms with E-state index in [4.69, 9.17) is 30.4 Å². The van der Waals surface area contributed by atoms with Crippen LogP contribution in [0.4, 0.5) is 0 Å². The molecule has 2 saturated heterocycles. The van der Waals surface area contributed by atoms with Crippen molar-refractivity contribution in [2.75, 3.05) is 39.3 Å². The van der Waals surface area contributed by atoms with E-state index >= 15 is 0 Å². The predicted octanol–water partition coefficient (Wildman–Crippen LogP) is 2.31. The van der Waals surface area contributed by atoms with Crippen molar-refractivity contribution in [2.45, 2.75) is 38.1 Å². The molecular formula is C27H35N3O9. The molecule has 0 radical (unpaired) electrons. The highest BCUT2D eigenvalue weighted by atomic mass is 16.5. The molecule has 39 heavy (non-hydrogen) atoms. The maximum absolute atomic E-state index is 9.55. The zero-order chi connectivity index (χ0) is 29.0. The number of nitrogens with zero attached hydrogens (tertiary/aromatic N) is 3. The zero-order valence-electron chi connectivity index (χ0n) is 21.6. The summed E-state index contributed by atoms with van der Waals surface area (Å²) < 4.78 is 5.74. The first kappa shape index (κ1) is 32.8. The molecule has 2 aliphatic rings. The van der Waals surface area contributed by atoms with Crippen LogP contribution >= 0.6 is 0 Å². The van der Waals surface area contributed by atoms with Gasteiger partial charge in [-0.25, -0.2) is 19.2 Å². The number of piperidine rings is 1. The monoisotopic (exact) mass is 545 g/mol. The fourth-order valence-electron chi connectivity index (χ4n) is 3.96. The Hall–Kier alpha value is -4.21. The first-order valence-electron chi connectivity index (χ1n) is 12.5. The minimum atomic E-state index is -1.26. The van der Waals surface area contributed by atoms with E-state index in [9.17, 15) is 19.2 Å². The number of nitriles is 1. The van der Waals surface area contributed by atoms with Gasteiger partial charge in [-0.15, -0.1) is 0 Å². The van der Waals surface area contributed by atoms with Crippen LogP contribution in [0.3, 0.4) is 0 Å². The quantitative estimate of drug-likeness (QED) is 0.248. The fourth-order valence-corrected chi connectivity index (χ4v) is 3.96. The minimum Gasteiger partial charge on any atom is -0.494 e. The smallest absolute Gasteiger partial charge is 0.328 e. The zero-order valence-corrected chi connectivity index (χ0v) is 21.6. The topological polar surface area (TPSA) is 189 Å². The van der Waals surface area contributed by atoms with Crippen molar-refractivity contribution in [3.8, 4) is 11.8 Å². The van der Waals surface area contributed by atoms with Gasteiger partial charge in [0.2, 0.25) is 0 Å². The molecule has 0 aromatic heterocycles. The minimum absolute atomic E-state index is 0.558. The van der Waals surface area contributed by atoms with E-state index in [1.807, 2.05) is 12.1 Å². The first-order chi connectivity index (χ1) is 18.6. The van der Waals surface area contributed by atoms with Gasteiger partial charge in [-0.2, -0.15) is 5.26 Å². The third kappa shape index (κ3) is 16.3. The second-order valence-electron chi connectivity index (χ2n) is 8.70. The summed E-state index contributed by atoms with van der Waals surface area (Å²) in [7, 11) is 0. The van der Waals surface area contributed by atoms with E-state index < -0.39 is 23.9 Å². The Labute approximate surface area is 227 Å². The summed E-state index contributed by atoms with van der Waals surface area (Å²) in [4.78, 5) is 43.5. The Morgan fingerprint density at radius 2 is 1.41 bits per heavy atom. The normalized spacial score (nSPS) is 17.1. The summed E-state index contributed by atoms with van der Waals surface area (Å²) in [5.41, 5.74) is 0.680. The largest absolute Gasteiger partial charge is 0.494 e. The number of ether oxygens (including phenoxy) is 1. The summed E-state index contributed by atoms with van der Waals surface area (Å²) in [6.07, 6.45) is 8.71. The summed E-state index contributed by atoms with van der Waals surface area (Å²) in [5.74, 6) is -4.17. The third-order valence-corrected chi connectivity index (χ3v) is 5.78. The van der Waals surface area contributed by atoms with Gasteiger partial charge in [0.05, 0.1) is 18.2 Å². The number of unbranched alkanes of at least 4 members (excludes halogenated alkanes) is 1. The number of hydrogen-bond donors (Lipinski definition) is 4. The molecule has 0 aliphatic carbocycles. The van der Waals surface area contributed by atoms with E-state index in [0.717, 1.165) is 24.8 Å². The lowest BCUT2D eigenvalue weighted by Gasteiger charge is -2.44. The second-order valence-corrected chi connectivity index (χ2v) is 8.70. The summed E-state index contributed by atoms with van der Waals surface area (Å²) >= 11 is 0. The molecule has 1 aromatic rings. The van der Waals surface area contributed by atoms with E-state index in [-0.39, 0.29) is 0 Å². The number of fused-ring (bicyclic) bond motifs is 1. The number of carbonyl (C=O) groups is 4. The molecule has 12 nitrogen and oxygen atoms in total. The van der Waals surface area contributed by atoms with Gasteiger partial charge < -0.3 is 30.1 Å². The Bertz CT molecular complexity index is 966. The van der Waals surface area contributed by atoms with Crippen LogP contribution in [0.25, 0.3) is 0 Å². The average Bonchev–Trinajstić information content (AvgIpc) is 2.91. The maximum atomic E-state index is 9.55. The Kier molecular flexibility index (Phi) is 15.9. The van der Waals surface area contributed by atoms with E-state index in [2.05, 4.69) is 15.9 Å². The van der Waals surface area contributed by atoms with Crippen LogP contribution in [0.15, 0.2) is 48.6 Å². The van der Waals surface area contributed by atoms with Gasteiger partial charge >= 0.3 is 23.9 Å². The second kappa shape index (κ2) is 18.9. The fraction of sp³-hybridized carbons (Fsp3) is 0.444. The molecule has 12 heteroatoms. The predicted molar refractivity (Wildman–Crippen MR) is 140 cm³/mol. The molecule has 2 aliphatic heterocycles. The van der Waals surface area contributed by atoms with E-state index in [1.165, 1.54) is 58.4 Å². The Morgan fingerprint density at radius 3 is 1.92 bits per heavy atom. The van der Waals surface area contributed by atoms with Gasteiger partial charge in [0.15, 0.2) is 0 Å². The molecule has 3 rings (SSSR count). The van der Waals surface area contributed by atoms with Crippen molar-refractivity contribution in [1.82, 2.24) is 9.80 Å². The number of benzene rings is 1. The number of carboxylic acid groups (broad SMARTS) is 4. The van der Waals surface area contributed by atoms with Crippen LogP contribution in [-0.2, 0) is 19.2 Å². The van der Waals surface area contributed by atoms with Crippen LogP contribution in [0, 0.1) is 11.3 Å². The van der Waals surface area contributed by atoms with Crippen molar-refractivity contribution in [3.63, 3.8) is 0 Å². The molecule has 2 fully saturated rings. The average molecular weight is 546 g/mol. The maximum Gasteiger partial charge on any atom is 0.328 e. The first-order valence-corrected chi connectivity index (χ1v) is 12.5. The van der Waals surface area contributed by atoms with Crippen LogP contribution in [0.2, 0.25) is 0 Å². The number of hydrogen-bond acceptors (Lipinski definition) is 8. The van der Waals surface area contributed by atoms with Crippen LogP contribution in [-0.4, -0.2) is 99.5 Å². The molecule has 0 saturated carbocycles. The Morgan fingerprint density at radius 1 is 0.846 bits per heavy atom. The number of aliphatic carboxylic acids is 4. The van der Waals surface area contributed by atoms with Gasteiger partial charge in [0.25, 0.3) is 0 Å². The lowest BCUT2D eigenvalue weighted by atomic mass is 9.99. The lowest BCUT2D eigenvalue weighted by Crippen LogP contribution is -2.54. The van der Waals surface area contributed by atoms with Crippen LogP contribution in [0.1, 0.15) is 37.7 Å². The summed E-state index contributed by atoms with van der Waals surface area (Å²) in [6.45, 7) is 7.02. The highest BCUT2D eigenvalue weighted by molar-refractivity contribution is 5.90. The van der Waals surface area contributed by atoms with Gasteiger partial charge in [-0.05, 0) is 63.0 Å². The lowest BCUT2D eigenvalue weighted by molar-refractivity contribution is -0.134. The van der Waals surface area contributed by atoms with Gasteiger partial charge in [-0.1, -0.05) is 6.42 Å². The van der Waals surface area contributed by atoms with Crippen molar-refractivity contribution >= 4 is 23.9 Å². The van der Waals surface area contributed by atoms with Crippen LogP contribution in [0.5, 0.6) is 5.75 Å². The highest BCUT2D eigenvalue weighted by Crippen LogP contribution is 2.21. The van der Waals surface area contributed by atoms with Crippen molar-refractivity contribution in [3.05, 3.63) is 54.1 Å². The summed E-state index contributed by atoms with van der Waals surface area (Å²) in [6, 6.07) is 10.3. The number of piperazine rings is 1. The molecule has 0 spiro atoms. The highest BCUT2D eigenvalue weighted by Gasteiger charge is 2.28. The molecule has 0 amide bonds. The summed E-state index contributed by atoms with van der Waals surface area (Å²) in [5, 5.41) is 40.0. The molecule has 0 bridgehead atoms. The molecule has 1 unspecified atom stereocenters. The molecule has 1 aromatic carbocycles. The molecule has 2 heterocycles. The van der Waals surface area contributed by atoms with Crippen molar-refractivity contribution in [2.24, 2.45) is 0 Å². The van der Waals surface area contributed by atoms with Crippen molar-refractivity contribution < 1.29 is 44.3 Å². The van der Waals surface area contributed by atoms with Gasteiger partial charge in [-0.3, -0.25) is 4.90 Å². The van der Waals surface area contributed by atoms with Crippen molar-refractivity contribution in [1.29, 1.82) is 5.26 Å². The number of rotatable bonds is 10. The molecule has 4 N–H and O–H groups in total. The number of carboxylic acids is 4. The van der Waals surface area contributed by atoms with Gasteiger partial charge in [0, 0.05) is 50.0 Å². The van der Waals surface area contributed by atoms with Crippen LogP contribution < -0.4 is 4.74 Å². The Balaban J connectivity index is 0.000000393. The molecule has 212 valence electrons. The molecule has 1 atom stereocenters. The standard InChI is InChI=1S/C19H27N3O.2C4H4O4/c20-15-17-6-8-19(9-7-17)23-14-4-3-10-21-12-13-22-11-2-1-5-18(22)16-21;2*5-3(6)1-2-4(7)8/h6-9,18H,1-5,10-14,16H2;2*1-2H,(H,5,6)(H,7,8). The van der Waals surface area contributed by atoms with Gasteiger partial charge in [0.1, 0.15) is 5.75 Å². The third-order valence-electron chi connectivity index (χ3n) is 5.78. The molecular weight excluding hydrogens is 510 g/mol.